The van der Waals surface area contributed by atoms with Gasteiger partial charge < -0.3 is 9.88 Å². The van der Waals surface area contributed by atoms with Crippen molar-refractivity contribution >= 4 is 10.0 Å². The minimum absolute atomic E-state index is 0.140. The molecular formula is C14H23N7O2S. The van der Waals surface area contributed by atoms with Crippen LogP contribution in [0.3, 0.4) is 0 Å². The lowest BCUT2D eigenvalue weighted by Crippen LogP contribution is -2.49. The molecule has 0 saturated carbocycles. The van der Waals surface area contributed by atoms with E-state index in [4.69, 9.17) is 0 Å². The lowest BCUT2D eigenvalue weighted by atomic mass is 10.2. The molecule has 0 aromatic carbocycles. The van der Waals surface area contributed by atoms with Crippen LogP contribution in [0.2, 0.25) is 0 Å². The van der Waals surface area contributed by atoms with Gasteiger partial charge in [-0.2, -0.15) is 5.10 Å². The topological polar surface area (TPSA) is 97.1 Å². The Labute approximate surface area is 141 Å². The number of imidazole rings is 1. The second kappa shape index (κ2) is 7.01. The predicted octanol–water partition coefficient (Wildman–Crippen LogP) is -0.922. The van der Waals surface area contributed by atoms with Gasteiger partial charge in [-0.3, -0.25) is 9.58 Å². The minimum Gasteiger partial charge on any atom is -0.337 e. The van der Waals surface area contributed by atoms with Crippen molar-refractivity contribution in [1.29, 1.82) is 0 Å². The summed E-state index contributed by atoms with van der Waals surface area (Å²) in [5, 5.41) is 7.28. The fourth-order valence-electron chi connectivity index (χ4n) is 2.91. The first-order valence-corrected chi connectivity index (χ1v) is 9.36. The largest absolute Gasteiger partial charge is 0.337 e. The Hall–Kier alpha value is -1.75. The molecule has 1 atom stereocenters. The average Bonchev–Trinajstić information content (AvgIpc) is 3.17. The first-order chi connectivity index (χ1) is 11.5. The molecule has 3 rings (SSSR count). The molecule has 132 valence electrons. The van der Waals surface area contributed by atoms with Crippen LogP contribution in [0.4, 0.5) is 0 Å². The molecule has 1 saturated heterocycles. The zero-order chi connectivity index (χ0) is 17.2. The molecular weight excluding hydrogens is 330 g/mol. The summed E-state index contributed by atoms with van der Waals surface area (Å²) in [5.74, 6) is 0.984. The van der Waals surface area contributed by atoms with Gasteiger partial charge in [0, 0.05) is 65.4 Å². The quantitative estimate of drug-likeness (QED) is 0.697. The molecule has 2 aromatic heterocycles. The van der Waals surface area contributed by atoms with Crippen LogP contribution in [0.25, 0.3) is 0 Å². The van der Waals surface area contributed by atoms with E-state index in [0.29, 0.717) is 13.1 Å². The predicted molar refractivity (Wildman–Crippen MR) is 88.8 cm³/mol. The lowest BCUT2D eigenvalue weighted by molar-refractivity contribution is 0.156. The molecule has 10 heteroatoms. The number of nitrogens with one attached hydrogen (secondary N) is 2. The third-order valence-corrected chi connectivity index (χ3v) is 5.61. The highest BCUT2D eigenvalue weighted by Crippen LogP contribution is 2.19. The van der Waals surface area contributed by atoms with Crippen LogP contribution in [0.15, 0.2) is 29.7 Å². The monoisotopic (exact) mass is 353 g/mol. The lowest BCUT2D eigenvalue weighted by Gasteiger charge is -2.35. The van der Waals surface area contributed by atoms with E-state index in [1.54, 1.807) is 13.2 Å². The number of rotatable bonds is 6. The second-order valence-electron chi connectivity index (χ2n) is 5.90. The van der Waals surface area contributed by atoms with E-state index >= 15 is 0 Å². The van der Waals surface area contributed by atoms with Gasteiger partial charge in [0.25, 0.3) is 0 Å². The minimum atomic E-state index is -3.52. The maximum Gasteiger partial charge on any atom is 0.243 e. The third kappa shape index (κ3) is 3.66. The highest BCUT2D eigenvalue weighted by molar-refractivity contribution is 7.89. The summed E-state index contributed by atoms with van der Waals surface area (Å²) in [5.41, 5.74) is 0. The van der Waals surface area contributed by atoms with E-state index in [9.17, 15) is 8.42 Å². The van der Waals surface area contributed by atoms with Crippen molar-refractivity contribution in [2.24, 2.45) is 14.1 Å². The Morgan fingerprint density at radius 1 is 1.42 bits per heavy atom. The van der Waals surface area contributed by atoms with Crippen molar-refractivity contribution < 1.29 is 8.42 Å². The van der Waals surface area contributed by atoms with Gasteiger partial charge in [-0.25, -0.2) is 18.1 Å². The average molecular weight is 353 g/mol. The molecule has 0 aliphatic carbocycles. The van der Waals surface area contributed by atoms with E-state index in [1.807, 2.05) is 17.8 Å². The number of nitrogens with zero attached hydrogens (tertiary/aromatic N) is 5. The Balaban J connectivity index is 1.61. The molecule has 1 unspecified atom stereocenters. The van der Waals surface area contributed by atoms with Crippen LogP contribution in [0.1, 0.15) is 11.9 Å². The maximum absolute atomic E-state index is 12.2. The van der Waals surface area contributed by atoms with Crippen molar-refractivity contribution in [1.82, 2.24) is 34.3 Å². The molecule has 9 nitrogen and oxygen atoms in total. The zero-order valence-corrected chi connectivity index (χ0v) is 14.7. The molecule has 24 heavy (non-hydrogen) atoms. The first kappa shape index (κ1) is 17.1. The summed E-state index contributed by atoms with van der Waals surface area (Å²) in [6, 6.07) is 0.140. The standard InChI is InChI=1S/C14H23N7O2S/c1-19-6-4-16-14(19)13-10-15-3-7-21(13)8-5-18-24(22,23)12-9-17-20(2)11-12/h4,6,9,11,13,15,18H,3,5,7-8,10H2,1-2H3. The van der Waals surface area contributed by atoms with Crippen LogP contribution in [-0.2, 0) is 24.1 Å². The van der Waals surface area contributed by atoms with E-state index in [2.05, 4.69) is 25.0 Å². The Bertz CT molecular complexity index is 783. The second-order valence-corrected chi connectivity index (χ2v) is 7.67. The number of aromatic nitrogens is 4. The van der Waals surface area contributed by atoms with Crippen molar-refractivity contribution in [3.8, 4) is 0 Å². The SMILES string of the molecule is Cn1cc(S(=O)(=O)NCCN2CCNCC2c2nccn2C)cn1. The summed E-state index contributed by atoms with van der Waals surface area (Å²) in [7, 11) is 0.148. The van der Waals surface area contributed by atoms with Crippen molar-refractivity contribution in [2.75, 3.05) is 32.7 Å². The fraction of sp³-hybridized carbons (Fsp3) is 0.571. The van der Waals surface area contributed by atoms with E-state index < -0.39 is 10.0 Å². The molecule has 2 N–H and O–H groups in total. The number of hydrogen-bond acceptors (Lipinski definition) is 6. The van der Waals surface area contributed by atoms with Gasteiger partial charge in [0.05, 0.1) is 12.2 Å². The zero-order valence-electron chi connectivity index (χ0n) is 13.9. The Morgan fingerprint density at radius 2 is 2.25 bits per heavy atom. The Kier molecular flexibility index (Phi) is 4.99. The normalized spacial score (nSPS) is 19.7. The number of sulfonamides is 1. The van der Waals surface area contributed by atoms with E-state index in [0.717, 1.165) is 25.5 Å². The van der Waals surface area contributed by atoms with Crippen LogP contribution < -0.4 is 10.0 Å². The molecule has 1 aliphatic rings. The van der Waals surface area contributed by atoms with Gasteiger partial charge in [0.1, 0.15) is 10.7 Å². The van der Waals surface area contributed by atoms with Gasteiger partial charge in [-0.05, 0) is 0 Å². The molecule has 0 amide bonds. The van der Waals surface area contributed by atoms with Crippen LogP contribution in [0, 0.1) is 0 Å². The summed E-state index contributed by atoms with van der Waals surface area (Å²) in [6.07, 6.45) is 6.55. The molecule has 1 fully saturated rings. The van der Waals surface area contributed by atoms with E-state index in [-0.39, 0.29) is 10.9 Å². The molecule has 0 bridgehead atoms. The van der Waals surface area contributed by atoms with Gasteiger partial charge in [-0.1, -0.05) is 0 Å². The number of hydrogen-bond donors (Lipinski definition) is 2. The van der Waals surface area contributed by atoms with Gasteiger partial charge in [0.2, 0.25) is 10.0 Å². The fourth-order valence-corrected chi connectivity index (χ4v) is 3.92. The summed E-state index contributed by atoms with van der Waals surface area (Å²) in [6.45, 7) is 3.51. The number of piperazine rings is 1. The summed E-state index contributed by atoms with van der Waals surface area (Å²) >= 11 is 0. The van der Waals surface area contributed by atoms with Crippen LogP contribution >= 0.6 is 0 Å². The molecule has 0 spiro atoms. The summed E-state index contributed by atoms with van der Waals surface area (Å²) < 4.78 is 30.6. The van der Waals surface area contributed by atoms with Crippen LogP contribution in [-0.4, -0.2) is 65.4 Å². The van der Waals surface area contributed by atoms with Gasteiger partial charge >= 0.3 is 0 Å². The van der Waals surface area contributed by atoms with Crippen LogP contribution in [0.5, 0.6) is 0 Å². The molecule has 3 heterocycles. The highest BCUT2D eigenvalue weighted by Gasteiger charge is 2.26. The molecule has 2 aromatic rings. The smallest absolute Gasteiger partial charge is 0.243 e. The number of aryl methyl sites for hydroxylation is 2. The third-order valence-electron chi connectivity index (χ3n) is 4.19. The molecule has 0 radical (unpaired) electrons. The molecule has 1 aliphatic heterocycles. The van der Waals surface area contributed by atoms with Crippen molar-refractivity contribution in [3.63, 3.8) is 0 Å². The van der Waals surface area contributed by atoms with E-state index in [1.165, 1.54) is 17.1 Å². The van der Waals surface area contributed by atoms with Gasteiger partial charge in [-0.15, -0.1) is 0 Å². The summed E-state index contributed by atoms with van der Waals surface area (Å²) in [4.78, 5) is 6.87. The Morgan fingerprint density at radius 3 is 2.92 bits per heavy atom. The first-order valence-electron chi connectivity index (χ1n) is 7.87. The van der Waals surface area contributed by atoms with Gasteiger partial charge in [0.15, 0.2) is 0 Å². The highest BCUT2D eigenvalue weighted by atomic mass is 32.2. The van der Waals surface area contributed by atoms with Crippen molar-refractivity contribution in [2.45, 2.75) is 10.9 Å². The van der Waals surface area contributed by atoms with Crippen molar-refractivity contribution in [3.05, 3.63) is 30.6 Å². The maximum atomic E-state index is 12.2.